The molecule has 0 N–H and O–H groups in total. The average Bonchev–Trinajstić information content (AvgIpc) is 3.71. The zero-order chi connectivity index (χ0) is 42.6. The minimum atomic E-state index is 0.602. The summed E-state index contributed by atoms with van der Waals surface area (Å²) >= 11 is 0. The van der Waals surface area contributed by atoms with Crippen LogP contribution in [0.25, 0.3) is 122 Å². The van der Waals surface area contributed by atoms with Crippen molar-refractivity contribution in [2.24, 2.45) is 0 Å². The third kappa shape index (κ3) is 6.35. The molecule has 4 heteroatoms. The largest absolute Gasteiger partial charge is 0.208 e. The Morgan fingerprint density at radius 3 is 1.61 bits per heavy atom. The third-order valence-electron chi connectivity index (χ3n) is 12.5. The van der Waals surface area contributed by atoms with E-state index in [1.54, 1.807) is 0 Å². The van der Waals surface area contributed by atoms with Gasteiger partial charge in [-0.25, -0.2) is 15.0 Å². The fourth-order valence-corrected chi connectivity index (χ4v) is 9.45. The van der Waals surface area contributed by atoms with Gasteiger partial charge in [-0.15, -0.1) is 0 Å². The molecule has 10 aromatic carbocycles. The van der Waals surface area contributed by atoms with Crippen LogP contribution in [0, 0.1) is 11.3 Å². The second kappa shape index (κ2) is 15.3. The van der Waals surface area contributed by atoms with Gasteiger partial charge in [0.1, 0.15) is 0 Å². The van der Waals surface area contributed by atoms with E-state index in [2.05, 4.69) is 176 Å². The number of nitriles is 1. The van der Waals surface area contributed by atoms with Crippen LogP contribution in [0.4, 0.5) is 0 Å². The van der Waals surface area contributed by atoms with E-state index in [-0.39, 0.29) is 0 Å². The summed E-state index contributed by atoms with van der Waals surface area (Å²) < 4.78 is 0. The van der Waals surface area contributed by atoms with Gasteiger partial charge in [-0.05, 0) is 113 Å². The SMILES string of the molecule is N#Cc1ccc(-c2cccc(-c3ccc4cccc5c4c3-c3ccccc3-5)c2)c(-c2ccc(-c3ccccc3-c3nc(-c4ccccc4)nc(-c4ccc5ccccc5c4)n3)cc2)c1. The Morgan fingerprint density at radius 1 is 0.281 bits per heavy atom. The molecule has 0 radical (unpaired) electrons. The Hall–Kier alpha value is -8.78. The Bertz CT molecular complexity index is 3680. The van der Waals surface area contributed by atoms with E-state index in [0.29, 0.717) is 23.0 Å². The maximum absolute atomic E-state index is 10.1. The summed E-state index contributed by atoms with van der Waals surface area (Å²) in [6, 6.07) is 78.7. The number of benzene rings is 10. The molecule has 0 saturated heterocycles. The van der Waals surface area contributed by atoms with E-state index < -0.39 is 0 Å². The van der Waals surface area contributed by atoms with E-state index >= 15 is 0 Å². The molecule has 0 unspecified atom stereocenters. The number of hydrogen-bond acceptors (Lipinski definition) is 4. The van der Waals surface area contributed by atoms with E-state index in [1.807, 2.05) is 48.5 Å². The quantitative estimate of drug-likeness (QED) is 0.161. The number of fused-ring (bicyclic) bond motifs is 4. The predicted octanol–water partition coefficient (Wildman–Crippen LogP) is 15.4. The summed E-state index contributed by atoms with van der Waals surface area (Å²) in [5, 5.41) is 14.9. The van der Waals surface area contributed by atoms with Gasteiger partial charge in [0.05, 0.1) is 11.6 Å². The first-order valence-electron chi connectivity index (χ1n) is 21.5. The van der Waals surface area contributed by atoms with Crippen LogP contribution in [0.15, 0.2) is 218 Å². The van der Waals surface area contributed by atoms with Crippen molar-refractivity contribution < 1.29 is 0 Å². The molecule has 11 aromatic rings. The van der Waals surface area contributed by atoms with Gasteiger partial charge in [0.15, 0.2) is 17.5 Å². The normalized spacial score (nSPS) is 11.4. The van der Waals surface area contributed by atoms with Crippen molar-refractivity contribution in [2.75, 3.05) is 0 Å². The molecule has 0 saturated carbocycles. The van der Waals surface area contributed by atoms with Gasteiger partial charge < -0.3 is 0 Å². The molecule has 1 aliphatic carbocycles. The fraction of sp³-hybridized carbons (Fsp3) is 0. The lowest BCUT2D eigenvalue weighted by Crippen LogP contribution is -2.01. The molecule has 4 nitrogen and oxygen atoms in total. The van der Waals surface area contributed by atoms with Crippen molar-refractivity contribution in [1.82, 2.24) is 15.0 Å². The number of aromatic nitrogens is 3. The number of hydrogen-bond donors (Lipinski definition) is 0. The van der Waals surface area contributed by atoms with E-state index in [0.717, 1.165) is 66.4 Å². The summed E-state index contributed by atoms with van der Waals surface area (Å²) in [6.45, 7) is 0. The molecule has 1 aliphatic rings. The van der Waals surface area contributed by atoms with Gasteiger partial charge in [-0.1, -0.05) is 194 Å². The second-order valence-electron chi connectivity index (χ2n) is 16.2. The van der Waals surface area contributed by atoms with Crippen molar-refractivity contribution in [3.05, 3.63) is 224 Å². The van der Waals surface area contributed by atoms with Crippen molar-refractivity contribution in [3.8, 4) is 107 Å². The van der Waals surface area contributed by atoms with Gasteiger partial charge in [0.2, 0.25) is 0 Å². The van der Waals surface area contributed by atoms with Crippen LogP contribution in [0.5, 0.6) is 0 Å². The standard InChI is InChI=1S/C60H36N4/c61-37-38-24-32-49(45-17-10-18-46(36-45)50-33-31-42-16-11-23-52-51-20-7-8-21-53(51)57(50)56(42)52)55(34-38)41-28-26-40(27-29-41)48-19-6-9-22-54(48)60-63-58(43-13-2-1-3-14-43)62-59(64-60)47-30-25-39-12-4-5-15-44(39)35-47/h1-36H. The monoisotopic (exact) mass is 812 g/mol. The van der Waals surface area contributed by atoms with E-state index in [4.69, 9.17) is 15.0 Å². The van der Waals surface area contributed by atoms with Crippen LogP contribution in [0.1, 0.15) is 5.56 Å². The highest BCUT2D eigenvalue weighted by Crippen LogP contribution is 2.51. The Balaban J connectivity index is 0.936. The summed E-state index contributed by atoms with van der Waals surface area (Å²) in [4.78, 5) is 15.2. The highest BCUT2D eigenvalue weighted by molar-refractivity contribution is 6.19. The molecule has 12 rings (SSSR count). The topological polar surface area (TPSA) is 62.5 Å². The molecular formula is C60H36N4. The molecule has 64 heavy (non-hydrogen) atoms. The summed E-state index contributed by atoms with van der Waals surface area (Å²) in [7, 11) is 0. The number of rotatable bonds is 7. The fourth-order valence-electron chi connectivity index (χ4n) is 9.45. The smallest absolute Gasteiger partial charge is 0.164 e. The Kier molecular flexibility index (Phi) is 8.84. The molecule has 0 spiro atoms. The van der Waals surface area contributed by atoms with Crippen LogP contribution in [0.3, 0.4) is 0 Å². The van der Waals surface area contributed by atoms with Gasteiger partial charge in [-0.2, -0.15) is 5.26 Å². The third-order valence-corrected chi connectivity index (χ3v) is 12.5. The van der Waals surface area contributed by atoms with E-state index in [1.165, 1.54) is 38.6 Å². The second-order valence-corrected chi connectivity index (χ2v) is 16.2. The number of nitrogens with zero attached hydrogens (tertiary/aromatic N) is 4. The molecule has 0 bridgehead atoms. The lowest BCUT2D eigenvalue weighted by Gasteiger charge is -2.15. The van der Waals surface area contributed by atoms with Crippen LogP contribution >= 0.6 is 0 Å². The molecule has 296 valence electrons. The summed E-state index contributed by atoms with van der Waals surface area (Å²) in [5.74, 6) is 1.84. The Labute approximate surface area is 371 Å². The van der Waals surface area contributed by atoms with Gasteiger partial charge in [0.25, 0.3) is 0 Å². The molecule has 0 aliphatic heterocycles. The average molecular weight is 813 g/mol. The minimum absolute atomic E-state index is 0.602. The molecule has 1 heterocycles. The summed E-state index contributed by atoms with van der Waals surface area (Å²) in [6.07, 6.45) is 0. The highest BCUT2D eigenvalue weighted by Gasteiger charge is 2.24. The maximum Gasteiger partial charge on any atom is 0.164 e. The first-order valence-corrected chi connectivity index (χ1v) is 21.5. The zero-order valence-corrected chi connectivity index (χ0v) is 34.6. The van der Waals surface area contributed by atoms with Crippen LogP contribution < -0.4 is 0 Å². The molecular weight excluding hydrogens is 777 g/mol. The maximum atomic E-state index is 10.1. The highest BCUT2D eigenvalue weighted by atomic mass is 15.0. The zero-order valence-electron chi connectivity index (χ0n) is 34.6. The van der Waals surface area contributed by atoms with Crippen molar-refractivity contribution >= 4 is 21.5 Å². The van der Waals surface area contributed by atoms with Crippen LogP contribution in [0.2, 0.25) is 0 Å². The molecule has 0 atom stereocenters. The van der Waals surface area contributed by atoms with Gasteiger partial charge in [-0.3, -0.25) is 0 Å². The molecule has 1 aromatic heterocycles. The predicted molar refractivity (Wildman–Crippen MR) is 262 cm³/mol. The molecule has 0 fully saturated rings. The van der Waals surface area contributed by atoms with Gasteiger partial charge >= 0.3 is 0 Å². The minimum Gasteiger partial charge on any atom is -0.208 e. The van der Waals surface area contributed by atoms with Crippen LogP contribution in [-0.4, -0.2) is 15.0 Å². The molecule has 0 amide bonds. The van der Waals surface area contributed by atoms with Gasteiger partial charge in [0, 0.05) is 16.7 Å². The van der Waals surface area contributed by atoms with Crippen molar-refractivity contribution in [3.63, 3.8) is 0 Å². The Morgan fingerprint density at radius 2 is 0.812 bits per heavy atom. The lowest BCUT2D eigenvalue weighted by atomic mass is 9.88. The summed E-state index contributed by atoms with van der Waals surface area (Å²) in [5.41, 5.74) is 17.1. The van der Waals surface area contributed by atoms with Crippen molar-refractivity contribution in [1.29, 1.82) is 5.26 Å². The van der Waals surface area contributed by atoms with E-state index in [9.17, 15) is 5.26 Å². The first kappa shape index (κ1) is 37.0. The van der Waals surface area contributed by atoms with Crippen LogP contribution in [-0.2, 0) is 0 Å². The lowest BCUT2D eigenvalue weighted by molar-refractivity contribution is 1.07. The van der Waals surface area contributed by atoms with Crippen molar-refractivity contribution in [2.45, 2.75) is 0 Å². The first-order chi connectivity index (χ1) is 31.7.